The molecule has 0 aliphatic rings. The van der Waals surface area contributed by atoms with Crippen LogP contribution in [0.1, 0.15) is 5.56 Å². The Kier molecular flexibility index (Phi) is 8.94. The van der Waals surface area contributed by atoms with E-state index in [2.05, 4.69) is 10.0 Å². The highest BCUT2D eigenvalue weighted by Crippen LogP contribution is 2.30. The van der Waals surface area contributed by atoms with Crippen LogP contribution in [0.2, 0.25) is 0 Å². The van der Waals surface area contributed by atoms with Gasteiger partial charge >= 0.3 is 6.18 Å². The summed E-state index contributed by atoms with van der Waals surface area (Å²) >= 11 is 0. The molecular formula is C12H18ClF3N2O3S. The van der Waals surface area contributed by atoms with E-state index < -0.39 is 26.7 Å². The van der Waals surface area contributed by atoms with Crippen molar-refractivity contribution in [1.82, 2.24) is 10.0 Å². The number of methoxy groups -OCH3 is 1. The lowest BCUT2D eigenvalue weighted by Gasteiger charge is -2.10. The highest BCUT2D eigenvalue weighted by atomic mass is 35.5. The Hall–Kier alpha value is -0.870. The summed E-state index contributed by atoms with van der Waals surface area (Å²) in [5, 5.41) is 2.91. The average molecular weight is 363 g/mol. The Labute approximate surface area is 133 Å². The number of nitrogens with one attached hydrogen (secondary N) is 2. The maximum absolute atomic E-state index is 12.5. The molecule has 5 nitrogen and oxygen atoms in total. The third-order valence-corrected chi connectivity index (χ3v) is 4.01. The fourth-order valence-corrected chi connectivity index (χ4v) is 2.57. The minimum atomic E-state index is -4.58. The van der Waals surface area contributed by atoms with Crippen molar-refractivity contribution in [3.05, 3.63) is 29.8 Å². The maximum atomic E-state index is 12.5. The first-order valence-electron chi connectivity index (χ1n) is 6.14. The molecule has 0 heterocycles. The summed E-state index contributed by atoms with van der Waals surface area (Å²) in [4.78, 5) is -0.408. The number of ether oxygens (including phenoxy) is 1. The second-order valence-electron chi connectivity index (χ2n) is 4.17. The van der Waals surface area contributed by atoms with Gasteiger partial charge in [-0.25, -0.2) is 13.1 Å². The predicted molar refractivity (Wildman–Crippen MR) is 78.6 cm³/mol. The monoisotopic (exact) mass is 362 g/mol. The molecule has 0 fully saturated rings. The van der Waals surface area contributed by atoms with Crippen LogP contribution in [0.3, 0.4) is 0 Å². The second kappa shape index (κ2) is 9.31. The molecule has 2 N–H and O–H groups in total. The van der Waals surface area contributed by atoms with Crippen molar-refractivity contribution in [3.63, 3.8) is 0 Å². The summed E-state index contributed by atoms with van der Waals surface area (Å²) in [7, 11) is -2.42. The highest BCUT2D eigenvalue weighted by molar-refractivity contribution is 7.89. The van der Waals surface area contributed by atoms with Gasteiger partial charge in [-0.3, -0.25) is 0 Å². The zero-order valence-corrected chi connectivity index (χ0v) is 13.4. The number of hydrogen-bond acceptors (Lipinski definition) is 4. The standard InChI is InChI=1S/C12H17F3N2O3S.ClH/c1-20-8-7-16-5-6-17-21(18,19)11-4-2-3-10(9-11)12(13,14)15;/h2-4,9,16-17H,5-8H2,1H3;1H. The van der Waals surface area contributed by atoms with Crippen molar-refractivity contribution in [2.45, 2.75) is 11.1 Å². The van der Waals surface area contributed by atoms with Crippen LogP contribution in [-0.2, 0) is 20.9 Å². The van der Waals surface area contributed by atoms with Crippen molar-refractivity contribution >= 4 is 22.4 Å². The number of sulfonamides is 1. The molecule has 0 aliphatic carbocycles. The van der Waals surface area contributed by atoms with Crippen LogP contribution in [0.15, 0.2) is 29.2 Å². The largest absolute Gasteiger partial charge is 0.416 e. The van der Waals surface area contributed by atoms with Crippen molar-refractivity contribution < 1.29 is 26.3 Å². The number of hydrogen-bond donors (Lipinski definition) is 2. The zero-order chi connectivity index (χ0) is 15.9. The van der Waals surface area contributed by atoms with E-state index in [1.54, 1.807) is 0 Å². The first kappa shape index (κ1) is 21.1. The molecule has 0 aromatic heterocycles. The van der Waals surface area contributed by atoms with E-state index in [0.717, 1.165) is 18.2 Å². The van der Waals surface area contributed by atoms with Gasteiger partial charge < -0.3 is 10.1 Å². The normalized spacial score (nSPS) is 12.0. The lowest BCUT2D eigenvalue weighted by atomic mass is 10.2. The van der Waals surface area contributed by atoms with Gasteiger partial charge in [-0.1, -0.05) is 6.07 Å². The molecule has 22 heavy (non-hydrogen) atoms. The molecule has 1 aromatic carbocycles. The van der Waals surface area contributed by atoms with Crippen LogP contribution >= 0.6 is 12.4 Å². The zero-order valence-electron chi connectivity index (χ0n) is 11.8. The average Bonchev–Trinajstić information content (AvgIpc) is 2.42. The first-order chi connectivity index (χ1) is 9.77. The number of halogens is 4. The molecule has 10 heteroatoms. The summed E-state index contributed by atoms with van der Waals surface area (Å²) in [5.74, 6) is 0. The first-order valence-corrected chi connectivity index (χ1v) is 7.62. The predicted octanol–water partition coefficient (Wildman–Crippen LogP) is 1.64. The fraction of sp³-hybridized carbons (Fsp3) is 0.500. The Bertz CT molecular complexity index is 553. The fourth-order valence-electron chi connectivity index (χ4n) is 1.50. The van der Waals surface area contributed by atoms with Crippen molar-refractivity contribution in [3.8, 4) is 0 Å². The second-order valence-corrected chi connectivity index (χ2v) is 5.93. The SMILES string of the molecule is COCCNCCNS(=O)(=O)c1cccc(C(F)(F)F)c1.Cl. The molecule has 0 unspecified atom stereocenters. The van der Waals surface area contributed by atoms with E-state index >= 15 is 0 Å². The van der Waals surface area contributed by atoms with Crippen LogP contribution in [-0.4, -0.2) is 41.8 Å². The van der Waals surface area contributed by atoms with Gasteiger partial charge in [0.15, 0.2) is 0 Å². The quantitative estimate of drug-likeness (QED) is 0.690. The van der Waals surface area contributed by atoms with E-state index in [1.807, 2.05) is 0 Å². The molecule has 128 valence electrons. The van der Waals surface area contributed by atoms with Gasteiger partial charge in [0.2, 0.25) is 10.0 Å². The molecule has 0 amide bonds. The van der Waals surface area contributed by atoms with E-state index in [1.165, 1.54) is 7.11 Å². The molecule has 0 spiro atoms. The van der Waals surface area contributed by atoms with Crippen molar-refractivity contribution in [1.29, 1.82) is 0 Å². The minimum absolute atomic E-state index is 0. The van der Waals surface area contributed by atoms with Crippen LogP contribution in [0.25, 0.3) is 0 Å². The third kappa shape index (κ3) is 6.93. The molecular weight excluding hydrogens is 345 g/mol. The third-order valence-electron chi connectivity index (χ3n) is 2.55. The topological polar surface area (TPSA) is 67.4 Å². The number of rotatable bonds is 8. The van der Waals surface area contributed by atoms with Gasteiger partial charge in [-0.2, -0.15) is 13.2 Å². The molecule has 0 saturated carbocycles. The lowest BCUT2D eigenvalue weighted by molar-refractivity contribution is -0.137. The Balaban J connectivity index is 0.00000441. The summed E-state index contributed by atoms with van der Waals surface area (Å²) in [6.07, 6.45) is -4.58. The Morgan fingerprint density at radius 3 is 2.45 bits per heavy atom. The Morgan fingerprint density at radius 2 is 1.86 bits per heavy atom. The molecule has 1 aromatic rings. The molecule has 1 rings (SSSR count). The van der Waals surface area contributed by atoms with Crippen molar-refractivity contribution in [2.75, 3.05) is 33.4 Å². The summed E-state index contributed by atoms with van der Waals surface area (Å²) in [6.45, 7) is 1.46. The van der Waals surface area contributed by atoms with E-state index in [4.69, 9.17) is 4.74 Å². The van der Waals surface area contributed by atoms with Gasteiger partial charge in [0.25, 0.3) is 0 Å². The van der Waals surface area contributed by atoms with Gasteiger partial charge in [-0.05, 0) is 18.2 Å². The number of alkyl halides is 3. The van der Waals surface area contributed by atoms with Gasteiger partial charge in [-0.15, -0.1) is 12.4 Å². The molecule has 0 radical (unpaired) electrons. The maximum Gasteiger partial charge on any atom is 0.416 e. The van der Waals surface area contributed by atoms with Crippen LogP contribution in [0.4, 0.5) is 13.2 Å². The van der Waals surface area contributed by atoms with E-state index in [0.29, 0.717) is 25.8 Å². The molecule has 0 bridgehead atoms. The number of benzene rings is 1. The van der Waals surface area contributed by atoms with Crippen LogP contribution in [0.5, 0.6) is 0 Å². The van der Waals surface area contributed by atoms with E-state index in [-0.39, 0.29) is 19.0 Å². The van der Waals surface area contributed by atoms with Gasteiger partial charge in [0.05, 0.1) is 17.1 Å². The van der Waals surface area contributed by atoms with Crippen molar-refractivity contribution in [2.24, 2.45) is 0 Å². The molecule has 0 atom stereocenters. The van der Waals surface area contributed by atoms with Crippen LogP contribution in [0, 0.1) is 0 Å². The van der Waals surface area contributed by atoms with Gasteiger partial charge in [0.1, 0.15) is 0 Å². The van der Waals surface area contributed by atoms with Crippen LogP contribution < -0.4 is 10.0 Å². The summed E-state index contributed by atoms with van der Waals surface area (Å²) in [6, 6.07) is 3.62. The lowest BCUT2D eigenvalue weighted by Crippen LogP contribution is -2.33. The summed E-state index contributed by atoms with van der Waals surface area (Å²) < 4.78 is 68.4. The molecule has 0 saturated heterocycles. The minimum Gasteiger partial charge on any atom is -0.383 e. The smallest absolute Gasteiger partial charge is 0.383 e. The molecule has 0 aliphatic heterocycles. The summed E-state index contributed by atoms with van der Waals surface area (Å²) in [5.41, 5.74) is -0.997. The Morgan fingerprint density at radius 1 is 1.18 bits per heavy atom. The highest BCUT2D eigenvalue weighted by Gasteiger charge is 2.31. The van der Waals surface area contributed by atoms with Gasteiger partial charge in [0, 0.05) is 26.7 Å². The van der Waals surface area contributed by atoms with E-state index in [9.17, 15) is 21.6 Å².